The maximum Gasteiger partial charge on any atom is 0.151 e. The summed E-state index contributed by atoms with van der Waals surface area (Å²) in [6.45, 7) is 2.04. The molecular weight excluding hydrogens is 262 g/mol. The molecule has 2 aromatic rings. The van der Waals surface area contributed by atoms with E-state index in [-0.39, 0.29) is 11.5 Å². The predicted octanol–water partition coefficient (Wildman–Crippen LogP) is 1.66. The first-order valence-electron chi connectivity index (χ1n) is 6.10. The van der Waals surface area contributed by atoms with E-state index < -0.39 is 9.84 Å². The molecule has 1 aromatic carbocycles. The molecule has 0 fully saturated rings. The van der Waals surface area contributed by atoms with E-state index in [2.05, 4.69) is 10.3 Å². The van der Waals surface area contributed by atoms with E-state index in [0.717, 1.165) is 16.6 Å². The van der Waals surface area contributed by atoms with E-state index in [0.29, 0.717) is 12.2 Å². The number of anilines is 2. The van der Waals surface area contributed by atoms with Crippen LogP contribution in [0.2, 0.25) is 0 Å². The highest BCUT2D eigenvalue weighted by Crippen LogP contribution is 2.23. The topological polar surface area (TPSA) is 85.1 Å². The number of nitrogens with zero attached hydrogens (tertiary/aromatic N) is 1. The Labute approximate surface area is 112 Å². The average Bonchev–Trinajstić information content (AvgIpc) is 2.38. The minimum atomic E-state index is -2.95. The van der Waals surface area contributed by atoms with Gasteiger partial charge in [-0.2, -0.15) is 0 Å². The molecule has 6 heteroatoms. The summed E-state index contributed by atoms with van der Waals surface area (Å²) < 4.78 is 22.9. The van der Waals surface area contributed by atoms with Crippen LogP contribution >= 0.6 is 0 Å². The molecule has 0 aliphatic carbocycles. The molecule has 0 spiro atoms. The van der Waals surface area contributed by atoms with Gasteiger partial charge in [0.15, 0.2) is 9.84 Å². The van der Waals surface area contributed by atoms with Crippen molar-refractivity contribution in [1.29, 1.82) is 0 Å². The number of benzene rings is 1. The van der Waals surface area contributed by atoms with Crippen LogP contribution in [0.3, 0.4) is 0 Å². The Morgan fingerprint density at radius 2 is 2.11 bits per heavy atom. The van der Waals surface area contributed by atoms with Crippen LogP contribution in [0.4, 0.5) is 11.4 Å². The molecule has 0 bridgehead atoms. The minimum Gasteiger partial charge on any atom is -0.399 e. The van der Waals surface area contributed by atoms with Crippen LogP contribution in [0.5, 0.6) is 0 Å². The van der Waals surface area contributed by atoms with Gasteiger partial charge in [-0.15, -0.1) is 0 Å². The monoisotopic (exact) mass is 279 g/mol. The second-order valence-electron chi connectivity index (χ2n) is 4.30. The molecule has 0 saturated heterocycles. The molecule has 0 atom stereocenters. The Kier molecular flexibility index (Phi) is 3.90. The van der Waals surface area contributed by atoms with Gasteiger partial charge in [-0.25, -0.2) is 8.42 Å². The van der Waals surface area contributed by atoms with Crippen LogP contribution in [-0.2, 0) is 9.84 Å². The molecule has 3 N–H and O–H groups in total. The maximum absolute atomic E-state index is 11.4. The average molecular weight is 279 g/mol. The number of hydrogen-bond acceptors (Lipinski definition) is 5. The standard InChI is InChI=1S/C13H17N3O2S/c1-2-19(17,18)8-7-16-12-5-6-15-13-9-10(14)3-4-11(12)13/h3-6,9H,2,7-8,14H2,1H3,(H,15,16). The lowest BCUT2D eigenvalue weighted by Gasteiger charge is -2.09. The molecular formula is C13H17N3O2S. The van der Waals surface area contributed by atoms with E-state index in [9.17, 15) is 8.42 Å². The lowest BCUT2D eigenvalue weighted by Crippen LogP contribution is -2.17. The van der Waals surface area contributed by atoms with Gasteiger partial charge < -0.3 is 11.1 Å². The predicted molar refractivity (Wildman–Crippen MR) is 79.0 cm³/mol. The van der Waals surface area contributed by atoms with Crippen molar-refractivity contribution in [2.75, 3.05) is 29.1 Å². The number of fused-ring (bicyclic) bond motifs is 1. The Hall–Kier alpha value is -1.82. The number of nitrogens with two attached hydrogens (primary N) is 1. The van der Waals surface area contributed by atoms with Gasteiger partial charge in [0.05, 0.1) is 11.3 Å². The highest BCUT2D eigenvalue weighted by molar-refractivity contribution is 7.91. The van der Waals surface area contributed by atoms with Crippen molar-refractivity contribution in [1.82, 2.24) is 4.98 Å². The molecule has 2 rings (SSSR count). The van der Waals surface area contributed by atoms with E-state index in [1.807, 2.05) is 12.1 Å². The number of pyridine rings is 1. The minimum absolute atomic E-state index is 0.127. The van der Waals surface area contributed by atoms with E-state index in [4.69, 9.17) is 5.73 Å². The molecule has 0 radical (unpaired) electrons. The number of nitrogen functional groups attached to an aromatic ring is 1. The molecule has 0 amide bonds. The summed E-state index contributed by atoms with van der Waals surface area (Å²) in [6, 6.07) is 7.31. The van der Waals surface area contributed by atoms with E-state index in [1.165, 1.54) is 0 Å². The summed E-state index contributed by atoms with van der Waals surface area (Å²) in [6.07, 6.45) is 1.68. The first kappa shape index (κ1) is 13.6. The maximum atomic E-state index is 11.4. The first-order valence-corrected chi connectivity index (χ1v) is 7.92. The number of rotatable bonds is 5. The zero-order valence-corrected chi connectivity index (χ0v) is 11.6. The Balaban J connectivity index is 2.17. The molecule has 19 heavy (non-hydrogen) atoms. The van der Waals surface area contributed by atoms with Crippen LogP contribution in [0.25, 0.3) is 10.9 Å². The summed E-state index contributed by atoms with van der Waals surface area (Å²) in [4.78, 5) is 4.24. The van der Waals surface area contributed by atoms with Gasteiger partial charge in [0.2, 0.25) is 0 Å². The fourth-order valence-electron chi connectivity index (χ4n) is 1.80. The summed E-state index contributed by atoms with van der Waals surface area (Å²) in [5, 5.41) is 4.07. The van der Waals surface area contributed by atoms with Crippen LogP contribution in [-0.4, -0.2) is 31.5 Å². The van der Waals surface area contributed by atoms with Gasteiger partial charge in [-0.05, 0) is 24.3 Å². The van der Waals surface area contributed by atoms with Crippen molar-refractivity contribution >= 4 is 32.1 Å². The van der Waals surface area contributed by atoms with E-state index in [1.54, 1.807) is 25.3 Å². The van der Waals surface area contributed by atoms with Crippen molar-refractivity contribution in [2.45, 2.75) is 6.92 Å². The van der Waals surface area contributed by atoms with Gasteiger partial charge in [-0.1, -0.05) is 6.92 Å². The number of sulfone groups is 1. The Bertz CT molecular complexity index is 683. The lowest BCUT2D eigenvalue weighted by atomic mass is 10.1. The summed E-state index contributed by atoms with van der Waals surface area (Å²) in [5.41, 5.74) is 8.03. The molecule has 0 unspecified atom stereocenters. The highest BCUT2D eigenvalue weighted by atomic mass is 32.2. The van der Waals surface area contributed by atoms with Crippen LogP contribution in [0.1, 0.15) is 6.92 Å². The second-order valence-corrected chi connectivity index (χ2v) is 6.77. The van der Waals surface area contributed by atoms with Crippen molar-refractivity contribution in [3.8, 4) is 0 Å². The largest absolute Gasteiger partial charge is 0.399 e. The van der Waals surface area contributed by atoms with Crippen LogP contribution in [0.15, 0.2) is 30.5 Å². The highest BCUT2D eigenvalue weighted by Gasteiger charge is 2.07. The van der Waals surface area contributed by atoms with Crippen LogP contribution in [0, 0.1) is 0 Å². The van der Waals surface area contributed by atoms with Gasteiger partial charge in [-0.3, -0.25) is 4.98 Å². The molecule has 5 nitrogen and oxygen atoms in total. The first-order chi connectivity index (χ1) is 9.02. The quantitative estimate of drug-likeness (QED) is 0.813. The zero-order chi connectivity index (χ0) is 13.9. The van der Waals surface area contributed by atoms with Crippen molar-refractivity contribution in [2.24, 2.45) is 0 Å². The third-order valence-corrected chi connectivity index (χ3v) is 4.64. The molecule has 102 valence electrons. The molecule has 0 aliphatic heterocycles. The lowest BCUT2D eigenvalue weighted by molar-refractivity contribution is 0.597. The van der Waals surface area contributed by atoms with Crippen molar-refractivity contribution < 1.29 is 8.42 Å². The molecule has 1 aromatic heterocycles. The Morgan fingerprint density at radius 1 is 1.32 bits per heavy atom. The molecule has 0 aliphatic rings. The van der Waals surface area contributed by atoms with Crippen molar-refractivity contribution in [3.05, 3.63) is 30.5 Å². The van der Waals surface area contributed by atoms with E-state index >= 15 is 0 Å². The number of aromatic nitrogens is 1. The zero-order valence-electron chi connectivity index (χ0n) is 10.8. The number of nitrogens with one attached hydrogen (secondary N) is 1. The SMILES string of the molecule is CCS(=O)(=O)CCNc1ccnc2cc(N)ccc12. The third kappa shape index (κ3) is 3.35. The normalized spacial score (nSPS) is 11.6. The fraction of sp³-hybridized carbons (Fsp3) is 0.308. The van der Waals surface area contributed by atoms with Gasteiger partial charge >= 0.3 is 0 Å². The second kappa shape index (κ2) is 5.44. The third-order valence-electron chi connectivity index (χ3n) is 2.94. The van der Waals surface area contributed by atoms with Crippen LogP contribution < -0.4 is 11.1 Å². The van der Waals surface area contributed by atoms with Gasteiger partial charge in [0.25, 0.3) is 0 Å². The molecule has 1 heterocycles. The van der Waals surface area contributed by atoms with Crippen molar-refractivity contribution in [3.63, 3.8) is 0 Å². The smallest absolute Gasteiger partial charge is 0.151 e. The molecule has 0 saturated carbocycles. The van der Waals surface area contributed by atoms with Gasteiger partial charge in [0.1, 0.15) is 0 Å². The Morgan fingerprint density at radius 3 is 2.84 bits per heavy atom. The summed E-state index contributed by atoms with van der Waals surface area (Å²) >= 11 is 0. The fourth-order valence-corrected chi connectivity index (χ4v) is 2.51. The summed E-state index contributed by atoms with van der Waals surface area (Å²) in [5.74, 6) is 0.296. The number of hydrogen-bond donors (Lipinski definition) is 2. The van der Waals surface area contributed by atoms with Gasteiger partial charge in [0, 0.05) is 35.3 Å². The summed E-state index contributed by atoms with van der Waals surface area (Å²) in [7, 11) is -2.95.